The van der Waals surface area contributed by atoms with E-state index in [1.807, 2.05) is 4.90 Å². The van der Waals surface area contributed by atoms with Crippen LogP contribution in [0.1, 0.15) is 10.4 Å². The Morgan fingerprint density at radius 3 is 3.00 bits per heavy atom. The Morgan fingerprint density at radius 2 is 2.31 bits per heavy atom. The second-order valence-electron chi connectivity index (χ2n) is 3.48. The van der Waals surface area contributed by atoms with Crippen LogP contribution in [0.5, 0.6) is 0 Å². The second kappa shape index (κ2) is 4.65. The first kappa shape index (κ1) is 10.5. The van der Waals surface area contributed by atoms with Gasteiger partial charge in [-0.2, -0.15) is 0 Å². The van der Waals surface area contributed by atoms with Gasteiger partial charge < -0.3 is 15.4 Å². The van der Waals surface area contributed by atoms with Gasteiger partial charge in [-0.15, -0.1) is 0 Å². The normalized spacial score (nSPS) is 14.1. The molecule has 1 aromatic carbocycles. The highest BCUT2D eigenvalue weighted by Crippen LogP contribution is 2.11. The molecule has 0 spiro atoms. The van der Waals surface area contributed by atoms with Crippen LogP contribution in [0, 0.1) is 0 Å². The van der Waals surface area contributed by atoms with Crippen LogP contribution in [-0.4, -0.2) is 37.0 Å². The first-order valence-corrected chi connectivity index (χ1v) is 5.03. The number of para-hydroxylation sites is 1. The fourth-order valence-corrected chi connectivity index (χ4v) is 1.42. The predicted molar refractivity (Wildman–Crippen MR) is 61.2 cm³/mol. The second-order valence-corrected chi connectivity index (χ2v) is 3.48. The summed E-state index contributed by atoms with van der Waals surface area (Å²) in [6.45, 7) is 1.76. The van der Waals surface area contributed by atoms with Crippen molar-refractivity contribution in [3.05, 3.63) is 29.8 Å². The molecule has 5 nitrogen and oxygen atoms in total. The average Bonchev–Trinajstić information content (AvgIpc) is 2.79. The fraction of sp³-hybridized carbons (Fsp3) is 0.273. The Hall–Kier alpha value is -2.04. The van der Waals surface area contributed by atoms with Gasteiger partial charge in [-0.3, -0.25) is 4.99 Å². The zero-order chi connectivity index (χ0) is 11.4. The highest BCUT2D eigenvalue weighted by atomic mass is 16.5. The highest BCUT2D eigenvalue weighted by Gasteiger charge is 2.12. The first-order valence-electron chi connectivity index (χ1n) is 5.03. The van der Waals surface area contributed by atoms with E-state index in [0.29, 0.717) is 11.3 Å². The summed E-state index contributed by atoms with van der Waals surface area (Å²) in [5.74, 6) is -0.404. The monoisotopic (exact) mass is 219 g/mol. The minimum absolute atomic E-state index is 0.219. The lowest BCUT2D eigenvalue weighted by molar-refractivity contribution is 0.0368. The Kier molecular flexibility index (Phi) is 3.05. The van der Waals surface area contributed by atoms with Crippen LogP contribution in [0.3, 0.4) is 0 Å². The average molecular weight is 219 g/mol. The van der Waals surface area contributed by atoms with Crippen molar-refractivity contribution in [2.24, 2.45) is 4.99 Å². The summed E-state index contributed by atoms with van der Waals surface area (Å²) in [5.41, 5.74) is 6.50. The maximum Gasteiger partial charge on any atom is 0.341 e. The Balaban J connectivity index is 1.93. The van der Waals surface area contributed by atoms with Crippen molar-refractivity contribution < 1.29 is 9.53 Å². The van der Waals surface area contributed by atoms with Crippen molar-refractivity contribution in [3.63, 3.8) is 0 Å². The van der Waals surface area contributed by atoms with Crippen LogP contribution >= 0.6 is 0 Å². The number of rotatable bonds is 3. The zero-order valence-electron chi connectivity index (χ0n) is 8.80. The summed E-state index contributed by atoms with van der Waals surface area (Å²) in [6, 6.07) is 6.85. The first-order chi connectivity index (χ1) is 7.77. The molecule has 0 bridgehead atoms. The van der Waals surface area contributed by atoms with Crippen LogP contribution in [0.25, 0.3) is 0 Å². The smallest absolute Gasteiger partial charge is 0.341 e. The van der Waals surface area contributed by atoms with Gasteiger partial charge in [0, 0.05) is 12.2 Å². The Bertz CT molecular complexity index is 417. The quantitative estimate of drug-likeness (QED) is 0.601. The summed E-state index contributed by atoms with van der Waals surface area (Å²) in [5, 5.41) is 0. The van der Waals surface area contributed by atoms with Crippen LogP contribution in [0.2, 0.25) is 0 Å². The highest BCUT2D eigenvalue weighted by molar-refractivity contribution is 5.94. The predicted octanol–water partition coefficient (Wildman–Crippen LogP) is 0.727. The fourth-order valence-electron chi connectivity index (χ4n) is 1.42. The molecule has 1 aliphatic rings. The number of aliphatic imine (C=N–C) groups is 1. The van der Waals surface area contributed by atoms with Crippen LogP contribution < -0.4 is 5.73 Å². The summed E-state index contributed by atoms with van der Waals surface area (Å²) in [6.07, 6.45) is 1.68. The third-order valence-corrected chi connectivity index (χ3v) is 2.30. The van der Waals surface area contributed by atoms with Gasteiger partial charge in [0.05, 0.1) is 18.4 Å². The molecule has 0 fully saturated rings. The largest absolute Gasteiger partial charge is 0.441 e. The van der Waals surface area contributed by atoms with Gasteiger partial charge in [0.2, 0.25) is 0 Å². The molecule has 0 saturated heterocycles. The summed E-state index contributed by atoms with van der Waals surface area (Å²) < 4.78 is 5.11. The number of benzene rings is 1. The Labute approximate surface area is 93.5 Å². The molecule has 1 aromatic rings. The van der Waals surface area contributed by atoms with Gasteiger partial charge in [0.25, 0.3) is 0 Å². The third-order valence-electron chi connectivity index (χ3n) is 2.30. The number of hydrogen-bond donors (Lipinski definition) is 1. The summed E-state index contributed by atoms with van der Waals surface area (Å²) in [4.78, 5) is 17.5. The van der Waals surface area contributed by atoms with Gasteiger partial charge in [-0.25, -0.2) is 4.79 Å². The molecule has 5 heteroatoms. The molecule has 0 aromatic heterocycles. The molecule has 16 heavy (non-hydrogen) atoms. The number of anilines is 1. The van der Waals surface area contributed by atoms with E-state index in [4.69, 9.17) is 10.5 Å². The minimum atomic E-state index is -0.404. The maximum absolute atomic E-state index is 11.6. The van der Waals surface area contributed by atoms with E-state index in [-0.39, 0.29) is 6.73 Å². The van der Waals surface area contributed by atoms with Gasteiger partial charge in [0.1, 0.15) is 0 Å². The van der Waals surface area contributed by atoms with E-state index in [1.54, 1.807) is 30.6 Å². The third kappa shape index (κ3) is 2.31. The molecule has 84 valence electrons. The summed E-state index contributed by atoms with van der Waals surface area (Å²) >= 11 is 0. The molecule has 1 aliphatic heterocycles. The van der Waals surface area contributed by atoms with E-state index >= 15 is 0 Å². The van der Waals surface area contributed by atoms with Crippen molar-refractivity contribution in [1.29, 1.82) is 0 Å². The van der Waals surface area contributed by atoms with Crippen LogP contribution in [0.4, 0.5) is 5.69 Å². The maximum atomic E-state index is 11.6. The van der Waals surface area contributed by atoms with E-state index < -0.39 is 5.97 Å². The van der Waals surface area contributed by atoms with Gasteiger partial charge in [-0.05, 0) is 12.1 Å². The number of nitrogens with zero attached hydrogens (tertiary/aromatic N) is 2. The number of nitrogen functional groups attached to an aromatic ring is 1. The lowest BCUT2D eigenvalue weighted by Gasteiger charge is -2.14. The van der Waals surface area contributed by atoms with Crippen molar-refractivity contribution in [3.8, 4) is 0 Å². The van der Waals surface area contributed by atoms with Gasteiger partial charge in [-0.1, -0.05) is 12.1 Å². The molecule has 0 radical (unpaired) electrons. The van der Waals surface area contributed by atoms with E-state index in [9.17, 15) is 4.79 Å². The SMILES string of the molecule is Nc1ccccc1C(=O)OCN1C=NCC1. The van der Waals surface area contributed by atoms with Crippen molar-refractivity contribution >= 4 is 18.0 Å². The van der Waals surface area contributed by atoms with E-state index in [1.165, 1.54) is 0 Å². The summed E-state index contributed by atoms with van der Waals surface area (Å²) in [7, 11) is 0. The minimum Gasteiger partial charge on any atom is -0.441 e. The van der Waals surface area contributed by atoms with Crippen molar-refractivity contribution in [2.75, 3.05) is 25.6 Å². The van der Waals surface area contributed by atoms with Gasteiger partial charge in [0.15, 0.2) is 6.73 Å². The lowest BCUT2D eigenvalue weighted by atomic mass is 10.2. The molecule has 1 heterocycles. The number of hydrogen-bond acceptors (Lipinski definition) is 5. The van der Waals surface area contributed by atoms with E-state index in [2.05, 4.69) is 4.99 Å². The Morgan fingerprint density at radius 1 is 1.50 bits per heavy atom. The number of esters is 1. The lowest BCUT2D eigenvalue weighted by Crippen LogP contribution is -2.25. The number of nitrogens with two attached hydrogens (primary N) is 1. The molecule has 2 N–H and O–H groups in total. The molecular weight excluding hydrogens is 206 g/mol. The molecule has 0 unspecified atom stereocenters. The van der Waals surface area contributed by atoms with Crippen molar-refractivity contribution in [1.82, 2.24) is 4.90 Å². The zero-order valence-corrected chi connectivity index (χ0v) is 8.80. The number of ether oxygens (including phenoxy) is 1. The standard InChI is InChI=1S/C11H13N3O2/c12-10-4-2-1-3-9(10)11(15)16-8-14-6-5-13-7-14/h1-4,7H,5-6,8,12H2. The van der Waals surface area contributed by atoms with Crippen LogP contribution in [-0.2, 0) is 4.74 Å². The van der Waals surface area contributed by atoms with E-state index in [0.717, 1.165) is 13.1 Å². The molecule has 0 aliphatic carbocycles. The molecule has 0 atom stereocenters. The molecular formula is C11H13N3O2. The molecule has 0 saturated carbocycles. The molecule has 0 amide bonds. The number of carbonyl (C=O) groups excluding carboxylic acids is 1. The van der Waals surface area contributed by atoms with Crippen molar-refractivity contribution in [2.45, 2.75) is 0 Å². The van der Waals surface area contributed by atoms with Gasteiger partial charge >= 0.3 is 5.97 Å². The topological polar surface area (TPSA) is 67.9 Å². The number of carbonyl (C=O) groups is 1. The van der Waals surface area contributed by atoms with Crippen LogP contribution in [0.15, 0.2) is 29.3 Å². The molecule has 2 rings (SSSR count).